The standard InChI is InChI=1S/C26H22O/c1-3-9-19(10-4-1)15-16-21-23(20-11-5-2-6-12-20)17-24-22-13-7-8-14-26(22)27-18-25(21)24/h1-17,21,23,25H,18H2/b16-15+/t21-,23-,25+/m1/s1. The zero-order chi connectivity index (χ0) is 18.1. The Morgan fingerprint density at radius 3 is 2.30 bits per heavy atom. The molecule has 0 saturated carbocycles. The Hall–Kier alpha value is -3.06. The summed E-state index contributed by atoms with van der Waals surface area (Å²) in [5.74, 6) is 2.18. The number of fused-ring (bicyclic) bond motifs is 3. The van der Waals surface area contributed by atoms with Crippen LogP contribution >= 0.6 is 0 Å². The Bertz CT molecular complexity index is 985. The lowest BCUT2D eigenvalue weighted by Crippen LogP contribution is -2.24. The van der Waals surface area contributed by atoms with Crippen LogP contribution in [0.1, 0.15) is 22.6 Å². The van der Waals surface area contributed by atoms with E-state index in [0.29, 0.717) is 17.8 Å². The van der Waals surface area contributed by atoms with Gasteiger partial charge < -0.3 is 4.74 Å². The van der Waals surface area contributed by atoms with Gasteiger partial charge in [0.05, 0.1) is 6.61 Å². The first-order chi connectivity index (χ1) is 13.4. The SMILES string of the molecule is C1=C2c3ccccc3OC[C@H]2[C@H](/C=C/c2ccccc2)[C@H]1c1ccccc1. The number of ether oxygens (including phenoxy) is 1. The molecule has 2 aliphatic rings. The van der Waals surface area contributed by atoms with Crippen LogP contribution in [0.2, 0.25) is 0 Å². The molecule has 1 aliphatic heterocycles. The summed E-state index contributed by atoms with van der Waals surface area (Å²) in [4.78, 5) is 0. The highest BCUT2D eigenvalue weighted by atomic mass is 16.5. The molecule has 0 aromatic heterocycles. The minimum absolute atomic E-state index is 0.376. The van der Waals surface area contributed by atoms with E-state index in [0.717, 1.165) is 12.4 Å². The van der Waals surface area contributed by atoms with Gasteiger partial charge in [0.15, 0.2) is 0 Å². The highest BCUT2D eigenvalue weighted by Crippen LogP contribution is 2.51. The fourth-order valence-electron chi connectivity index (χ4n) is 4.42. The summed E-state index contributed by atoms with van der Waals surface area (Å²) in [5, 5.41) is 0. The molecule has 1 heterocycles. The average Bonchev–Trinajstić information content (AvgIpc) is 3.13. The van der Waals surface area contributed by atoms with Crippen LogP contribution in [0.4, 0.5) is 0 Å². The van der Waals surface area contributed by atoms with Crippen molar-refractivity contribution < 1.29 is 4.74 Å². The molecular formula is C26H22O. The number of benzene rings is 3. The van der Waals surface area contributed by atoms with E-state index < -0.39 is 0 Å². The average molecular weight is 350 g/mol. The second kappa shape index (κ2) is 6.92. The van der Waals surface area contributed by atoms with E-state index in [-0.39, 0.29) is 0 Å². The summed E-state index contributed by atoms with van der Waals surface area (Å²) in [5.41, 5.74) is 5.31. The maximum Gasteiger partial charge on any atom is 0.126 e. The second-order valence-electron chi connectivity index (χ2n) is 7.32. The van der Waals surface area contributed by atoms with Gasteiger partial charge in [-0.3, -0.25) is 0 Å². The van der Waals surface area contributed by atoms with Crippen LogP contribution in [-0.2, 0) is 0 Å². The molecule has 1 nitrogen and oxygen atoms in total. The molecule has 0 bridgehead atoms. The van der Waals surface area contributed by atoms with Crippen LogP contribution in [-0.4, -0.2) is 6.61 Å². The summed E-state index contributed by atoms with van der Waals surface area (Å²) in [7, 11) is 0. The highest BCUT2D eigenvalue weighted by Gasteiger charge is 2.40. The molecule has 27 heavy (non-hydrogen) atoms. The van der Waals surface area contributed by atoms with Crippen molar-refractivity contribution in [2.75, 3.05) is 6.61 Å². The molecule has 5 rings (SSSR count). The summed E-state index contributed by atoms with van der Waals surface area (Å²) in [6.07, 6.45) is 7.12. The van der Waals surface area contributed by atoms with E-state index in [1.807, 2.05) is 0 Å². The van der Waals surface area contributed by atoms with E-state index in [9.17, 15) is 0 Å². The van der Waals surface area contributed by atoms with Crippen molar-refractivity contribution in [3.8, 4) is 5.75 Å². The van der Waals surface area contributed by atoms with Gasteiger partial charge >= 0.3 is 0 Å². The van der Waals surface area contributed by atoms with Gasteiger partial charge in [-0.25, -0.2) is 0 Å². The van der Waals surface area contributed by atoms with E-state index in [1.165, 1.54) is 22.3 Å². The lowest BCUT2D eigenvalue weighted by Gasteiger charge is -2.29. The molecule has 132 valence electrons. The summed E-state index contributed by atoms with van der Waals surface area (Å²) in [6, 6.07) is 29.8. The number of hydrogen-bond donors (Lipinski definition) is 0. The van der Waals surface area contributed by atoms with Gasteiger partial charge in [-0.05, 0) is 28.7 Å². The third-order valence-electron chi connectivity index (χ3n) is 5.75. The fraction of sp³-hybridized carbons (Fsp3) is 0.154. The number of hydrogen-bond acceptors (Lipinski definition) is 1. The molecule has 1 aliphatic carbocycles. The molecule has 3 aromatic rings. The first kappa shape index (κ1) is 16.1. The molecule has 0 radical (unpaired) electrons. The Labute approximate surface area is 160 Å². The van der Waals surface area contributed by atoms with E-state index in [2.05, 4.69) is 103 Å². The fourth-order valence-corrected chi connectivity index (χ4v) is 4.42. The molecule has 3 atom stereocenters. The van der Waals surface area contributed by atoms with E-state index >= 15 is 0 Å². The second-order valence-corrected chi connectivity index (χ2v) is 7.32. The van der Waals surface area contributed by atoms with Crippen molar-refractivity contribution in [2.24, 2.45) is 11.8 Å². The predicted octanol–water partition coefficient (Wildman–Crippen LogP) is 6.21. The third kappa shape index (κ3) is 3.00. The molecular weight excluding hydrogens is 328 g/mol. The molecule has 3 aromatic carbocycles. The van der Waals surface area contributed by atoms with Crippen molar-refractivity contribution in [1.29, 1.82) is 0 Å². The summed E-state index contributed by atoms with van der Waals surface area (Å²) >= 11 is 0. The maximum absolute atomic E-state index is 6.13. The molecule has 0 N–H and O–H groups in total. The quantitative estimate of drug-likeness (QED) is 0.546. The van der Waals surface area contributed by atoms with Crippen LogP contribution in [0, 0.1) is 11.8 Å². The van der Waals surface area contributed by atoms with Crippen LogP contribution in [0.15, 0.2) is 97.1 Å². The minimum atomic E-state index is 0.376. The van der Waals surface area contributed by atoms with Crippen LogP contribution < -0.4 is 4.74 Å². The minimum Gasteiger partial charge on any atom is -0.492 e. The number of para-hydroxylation sites is 1. The Morgan fingerprint density at radius 2 is 1.48 bits per heavy atom. The lowest BCUT2D eigenvalue weighted by atomic mass is 9.80. The van der Waals surface area contributed by atoms with Gasteiger partial charge in [0.1, 0.15) is 5.75 Å². The Morgan fingerprint density at radius 1 is 0.778 bits per heavy atom. The molecule has 0 unspecified atom stereocenters. The van der Waals surface area contributed by atoms with E-state index in [1.54, 1.807) is 0 Å². The zero-order valence-electron chi connectivity index (χ0n) is 15.2. The third-order valence-corrected chi connectivity index (χ3v) is 5.75. The predicted molar refractivity (Wildman–Crippen MR) is 112 cm³/mol. The zero-order valence-corrected chi connectivity index (χ0v) is 15.2. The van der Waals surface area contributed by atoms with Crippen molar-refractivity contribution in [3.63, 3.8) is 0 Å². The Kier molecular flexibility index (Phi) is 4.14. The molecule has 0 spiro atoms. The lowest BCUT2D eigenvalue weighted by molar-refractivity contribution is 0.241. The van der Waals surface area contributed by atoms with Crippen molar-refractivity contribution in [2.45, 2.75) is 5.92 Å². The molecule has 0 fully saturated rings. The van der Waals surface area contributed by atoms with Gasteiger partial charge in [0.2, 0.25) is 0 Å². The number of allylic oxidation sites excluding steroid dienone is 2. The molecule has 0 amide bonds. The van der Waals surface area contributed by atoms with Crippen molar-refractivity contribution in [3.05, 3.63) is 114 Å². The summed E-state index contributed by atoms with van der Waals surface area (Å²) < 4.78 is 6.13. The van der Waals surface area contributed by atoms with E-state index in [4.69, 9.17) is 4.74 Å². The van der Waals surface area contributed by atoms with Crippen LogP contribution in [0.5, 0.6) is 5.75 Å². The largest absolute Gasteiger partial charge is 0.492 e. The van der Waals surface area contributed by atoms with Gasteiger partial charge in [0.25, 0.3) is 0 Å². The van der Waals surface area contributed by atoms with Gasteiger partial charge in [-0.2, -0.15) is 0 Å². The topological polar surface area (TPSA) is 9.23 Å². The number of rotatable bonds is 3. The molecule has 0 saturated heterocycles. The first-order valence-corrected chi connectivity index (χ1v) is 9.62. The van der Waals surface area contributed by atoms with Crippen LogP contribution in [0.25, 0.3) is 11.6 Å². The van der Waals surface area contributed by atoms with Crippen LogP contribution in [0.3, 0.4) is 0 Å². The van der Waals surface area contributed by atoms with Crippen molar-refractivity contribution in [1.82, 2.24) is 0 Å². The van der Waals surface area contributed by atoms with Gasteiger partial charge in [-0.15, -0.1) is 0 Å². The summed E-state index contributed by atoms with van der Waals surface area (Å²) in [6.45, 7) is 0.746. The smallest absolute Gasteiger partial charge is 0.126 e. The maximum atomic E-state index is 6.13. The highest BCUT2D eigenvalue weighted by molar-refractivity contribution is 5.77. The normalized spacial score (nSPS) is 23.4. The van der Waals surface area contributed by atoms with Crippen molar-refractivity contribution >= 4 is 11.6 Å². The molecule has 1 heteroatoms. The monoisotopic (exact) mass is 350 g/mol. The Balaban J connectivity index is 1.56. The van der Waals surface area contributed by atoms with Gasteiger partial charge in [0, 0.05) is 17.4 Å². The van der Waals surface area contributed by atoms with Gasteiger partial charge in [-0.1, -0.05) is 97.1 Å². The first-order valence-electron chi connectivity index (χ1n) is 9.62.